The van der Waals surface area contributed by atoms with Crippen molar-refractivity contribution in [3.05, 3.63) is 23.9 Å². The van der Waals surface area contributed by atoms with Crippen LogP contribution in [0.5, 0.6) is 0 Å². The molecule has 0 saturated carbocycles. The van der Waals surface area contributed by atoms with Crippen LogP contribution in [0.15, 0.2) is 18.3 Å². The van der Waals surface area contributed by atoms with E-state index in [1.54, 1.807) is 4.52 Å². The standard InChI is InChI=1S/C13H17N5O/c1-10-4-7-18-11(8-10)15-13(16-18)14-9-12(19)17-5-2-3-6-17/h4,7-8H,2-3,5-6,9H2,1H3,(H,14,16). The maximum Gasteiger partial charge on any atom is 0.243 e. The minimum absolute atomic E-state index is 0.118. The fourth-order valence-corrected chi connectivity index (χ4v) is 2.29. The molecule has 6 heteroatoms. The number of pyridine rings is 1. The zero-order valence-corrected chi connectivity index (χ0v) is 11.0. The number of aromatic nitrogens is 3. The number of hydrogen-bond acceptors (Lipinski definition) is 4. The van der Waals surface area contributed by atoms with Gasteiger partial charge in [0, 0.05) is 19.3 Å². The number of hydrogen-bond donors (Lipinski definition) is 1. The van der Waals surface area contributed by atoms with Gasteiger partial charge in [0.05, 0.1) is 6.54 Å². The van der Waals surface area contributed by atoms with Gasteiger partial charge in [-0.2, -0.15) is 4.98 Å². The Kier molecular flexibility index (Phi) is 3.06. The van der Waals surface area contributed by atoms with Crippen molar-refractivity contribution in [2.24, 2.45) is 0 Å². The second kappa shape index (κ2) is 4.87. The van der Waals surface area contributed by atoms with Crippen LogP contribution in [-0.4, -0.2) is 45.0 Å². The number of carbonyl (C=O) groups excluding carboxylic acids is 1. The largest absolute Gasteiger partial charge is 0.344 e. The number of carbonyl (C=O) groups is 1. The van der Waals surface area contributed by atoms with Gasteiger partial charge >= 0.3 is 0 Å². The summed E-state index contributed by atoms with van der Waals surface area (Å²) < 4.78 is 1.70. The van der Waals surface area contributed by atoms with Crippen molar-refractivity contribution in [3.8, 4) is 0 Å². The Morgan fingerprint density at radius 2 is 2.21 bits per heavy atom. The van der Waals surface area contributed by atoms with E-state index in [0.717, 1.165) is 37.1 Å². The molecule has 0 spiro atoms. The smallest absolute Gasteiger partial charge is 0.243 e. The normalized spacial score (nSPS) is 15.1. The number of anilines is 1. The average molecular weight is 259 g/mol. The van der Waals surface area contributed by atoms with Crippen molar-refractivity contribution in [2.75, 3.05) is 25.0 Å². The monoisotopic (exact) mass is 259 g/mol. The van der Waals surface area contributed by atoms with E-state index in [0.29, 0.717) is 5.95 Å². The van der Waals surface area contributed by atoms with Crippen LogP contribution in [0.25, 0.3) is 5.65 Å². The SMILES string of the molecule is Cc1ccn2nc(NCC(=O)N3CCCC3)nc2c1. The summed E-state index contributed by atoms with van der Waals surface area (Å²) >= 11 is 0. The van der Waals surface area contributed by atoms with Crippen LogP contribution in [0.2, 0.25) is 0 Å². The lowest BCUT2D eigenvalue weighted by atomic mass is 10.3. The second-order valence-electron chi connectivity index (χ2n) is 4.88. The highest BCUT2D eigenvalue weighted by molar-refractivity contribution is 5.80. The molecule has 1 N–H and O–H groups in total. The highest BCUT2D eigenvalue weighted by Gasteiger charge is 2.17. The summed E-state index contributed by atoms with van der Waals surface area (Å²) in [4.78, 5) is 18.1. The molecule has 100 valence electrons. The van der Waals surface area contributed by atoms with E-state index in [2.05, 4.69) is 15.4 Å². The van der Waals surface area contributed by atoms with E-state index in [1.165, 1.54) is 0 Å². The predicted molar refractivity (Wildman–Crippen MR) is 72.0 cm³/mol. The van der Waals surface area contributed by atoms with Gasteiger partial charge in [0.15, 0.2) is 5.65 Å². The van der Waals surface area contributed by atoms with Crippen molar-refractivity contribution >= 4 is 17.5 Å². The Balaban J connectivity index is 1.66. The summed E-state index contributed by atoms with van der Waals surface area (Å²) in [7, 11) is 0. The maximum absolute atomic E-state index is 11.9. The lowest BCUT2D eigenvalue weighted by Gasteiger charge is -2.14. The Hall–Kier alpha value is -2.11. The third-order valence-corrected chi connectivity index (χ3v) is 3.35. The summed E-state index contributed by atoms with van der Waals surface area (Å²) in [6.07, 6.45) is 4.08. The van der Waals surface area contributed by atoms with E-state index in [9.17, 15) is 4.79 Å². The number of nitrogens with zero attached hydrogens (tertiary/aromatic N) is 4. The lowest BCUT2D eigenvalue weighted by Crippen LogP contribution is -2.33. The Bertz CT molecular complexity index is 600. The molecule has 0 aliphatic carbocycles. The van der Waals surface area contributed by atoms with Gasteiger partial charge in [-0.3, -0.25) is 4.79 Å². The number of nitrogens with one attached hydrogen (secondary N) is 1. The van der Waals surface area contributed by atoms with Gasteiger partial charge < -0.3 is 10.2 Å². The van der Waals surface area contributed by atoms with Crippen LogP contribution in [0.3, 0.4) is 0 Å². The number of rotatable bonds is 3. The summed E-state index contributed by atoms with van der Waals surface area (Å²) in [5, 5.41) is 7.27. The highest BCUT2D eigenvalue weighted by Crippen LogP contribution is 2.09. The van der Waals surface area contributed by atoms with Crippen molar-refractivity contribution in [1.82, 2.24) is 19.5 Å². The molecule has 19 heavy (non-hydrogen) atoms. The summed E-state index contributed by atoms with van der Waals surface area (Å²) in [6.45, 7) is 4.02. The van der Waals surface area contributed by atoms with Gasteiger partial charge in [-0.15, -0.1) is 5.10 Å². The fraction of sp³-hybridized carbons (Fsp3) is 0.462. The van der Waals surface area contributed by atoms with E-state index in [1.807, 2.05) is 30.2 Å². The first-order valence-electron chi connectivity index (χ1n) is 6.57. The van der Waals surface area contributed by atoms with Crippen LogP contribution in [0.4, 0.5) is 5.95 Å². The van der Waals surface area contributed by atoms with Gasteiger partial charge in [-0.05, 0) is 37.5 Å². The zero-order valence-electron chi connectivity index (χ0n) is 11.0. The Morgan fingerprint density at radius 1 is 1.42 bits per heavy atom. The quantitative estimate of drug-likeness (QED) is 0.895. The van der Waals surface area contributed by atoms with Gasteiger partial charge in [-0.25, -0.2) is 4.52 Å². The summed E-state index contributed by atoms with van der Waals surface area (Å²) in [6, 6.07) is 3.93. The van der Waals surface area contributed by atoms with Gasteiger partial charge in [0.2, 0.25) is 11.9 Å². The maximum atomic E-state index is 11.9. The van der Waals surface area contributed by atoms with Crippen molar-refractivity contribution in [1.29, 1.82) is 0 Å². The molecule has 0 atom stereocenters. The number of likely N-dealkylation sites (tertiary alicyclic amines) is 1. The third-order valence-electron chi connectivity index (χ3n) is 3.35. The predicted octanol–water partition coefficient (Wildman–Crippen LogP) is 1.07. The van der Waals surface area contributed by atoms with Crippen LogP contribution in [-0.2, 0) is 4.79 Å². The van der Waals surface area contributed by atoms with Gasteiger partial charge in [0.1, 0.15) is 0 Å². The zero-order chi connectivity index (χ0) is 13.2. The molecule has 1 aliphatic heterocycles. The topological polar surface area (TPSA) is 62.5 Å². The average Bonchev–Trinajstić information content (AvgIpc) is 3.04. The molecule has 3 heterocycles. The van der Waals surface area contributed by atoms with Gasteiger partial charge in [0.25, 0.3) is 0 Å². The molecule has 1 saturated heterocycles. The molecule has 1 aliphatic rings. The third kappa shape index (κ3) is 2.52. The molecule has 3 rings (SSSR count). The number of fused-ring (bicyclic) bond motifs is 1. The molecule has 0 aromatic carbocycles. The van der Waals surface area contributed by atoms with E-state index >= 15 is 0 Å². The number of aryl methyl sites for hydroxylation is 1. The number of amides is 1. The van der Waals surface area contributed by atoms with Crippen LogP contribution in [0, 0.1) is 6.92 Å². The Labute approximate surface area is 111 Å². The van der Waals surface area contributed by atoms with E-state index in [-0.39, 0.29) is 12.5 Å². The second-order valence-corrected chi connectivity index (χ2v) is 4.88. The van der Waals surface area contributed by atoms with Crippen molar-refractivity contribution in [3.63, 3.8) is 0 Å². The molecule has 6 nitrogen and oxygen atoms in total. The molecule has 0 bridgehead atoms. The van der Waals surface area contributed by atoms with E-state index in [4.69, 9.17) is 0 Å². The fourth-order valence-electron chi connectivity index (χ4n) is 2.29. The molecule has 2 aromatic rings. The summed E-state index contributed by atoms with van der Waals surface area (Å²) in [5.74, 6) is 0.616. The van der Waals surface area contributed by atoms with E-state index < -0.39 is 0 Å². The Morgan fingerprint density at radius 3 is 3.00 bits per heavy atom. The minimum atomic E-state index is 0.118. The molecular formula is C13H17N5O. The first-order valence-corrected chi connectivity index (χ1v) is 6.57. The van der Waals surface area contributed by atoms with Crippen molar-refractivity contribution < 1.29 is 4.79 Å². The lowest BCUT2D eigenvalue weighted by molar-refractivity contribution is -0.128. The van der Waals surface area contributed by atoms with Crippen LogP contribution in [0.1, 0.15) is 18.4 Å². The summed E-state index contributed by atoms with van der Waals surface area (Å²) in [5.41, 5.74) is 1.93. The minimum Gasteiger partial charge on any atom is -0.344 e. The molecule has 0 radical (unpaired) electrons. The van der Waals surface area contributed by atoms with Crippen molar-refractivity contribution in [2.45, 2.75) is 19.8 Å². The van der Waals surface area contributed by atoms with Crippen LogP contribution < -0.4 is 5.32 Å². The highest BCUT2D eigenvalue weighted by atomic mass is 16.2. The molecule has 0 unspecified atom stereocenters. The molecule has 2 aromatic heterocycles. The molecule has 1 amide bonds. The first-order chi connectivity index (χ1) is 9.22. The van der Waals surface area contributed by atoms with Crippen LogP contribution >= 0.6 is 0 Å². The first kappa shape index (κ1) is 12.0. The van der Waals surface area contributed by atoms with Gasteiger partial charge in [-0.1, -0.05) is 0 Å². The molecular weight excluding hydrogens is 242 g/mol. The molecule has 1 fully saturated rings.